The molecule has 0 radical (unpaired) electrons. The number of thiol groups is 1. The van der Waals surface area contributed by atoms with Crippen molar-refractivity contribution in [2.45, 2.75) is 24.4 Å². The number of ether oxygens (including phenoxy) is 1. The van der Waals surface area contributed by atoms with Gasteiger partial charge in [-0.1, -0.05) is 30.3 Å². The molecule has 1 aromatic heterocycles. The van der Waals surface area contributed by atoms with Gasteiger partial charge in [0.1, 0.15) is 11.5 Å². The van der Waals surface area contributed by atoms with Gasteiger partial charge in [0, 0.05) is 18.8 Å². The van der Waals surface area contributed by atoms with Gasteiger partial charge in [0.2, 0.25) is 0 Å². The van der Waals surface area contributed by atoms with E-state index in [0.29, 0.717) is 28.5 Å². The van der Waals surface area contributed by atoms with Gasteiger partial charge in [-0.05, 0) is 48.4 Å². The fourth-order valence-corrected chi connectivity index (χ4v) is 3.19. The van der Waals surface area contributed by atoms with Crippen LogP contribution in [0.4, 0.5) is 0 Å². The van der Waals surface area contributed by atoms with Gasteiger partial charge in [-0.15, -0.1) is 0 Å². The molecule has 0 aliphatic carbocycles. The first-order chi connectivity index (χ1) is 12.6. The van der Waals surface area contributed by atoms with Gasteiger partial charge in [-0.2, -0.15) is 0 Å². The fourth-order valence-electron chi connectivity index (χ4n) is 2.61. The molecule has 1 N–H and O–H groups in total. The lowest BCUT2D eigenvalue weighted by Crippen LogP contribution is -2.18. The maximum atomic E-state index is 11.6. The third-order valence-electron chi connectivity index (χ3n) is 4.02. The van der Waals surface area contributed by atoms with E-state index in [1.54, 1.807) is 42.7 Å². The van der Waals surface area contributed by atoms with Crippen molar-refractivity contribution in [3.63, 3.8) is 0 Å². The van der Waals surface area contributed by atoms with E-state index in [1.807, 2.05) is 37.3 Å². The monoisotopic (exact) mass is 368 g/mol. The van der Waals surface area contributed by atoms with Gasteiger partial charge >= 0.3 is 0 Å². The van der Waals surface area contributed by atoms with Crippen molar-refractivity contribution in [2.75, 3.05) is 0 Å². The first-order valence-electron chi connectivity index (χ1n) is 8.27. The highest BCUT2D eigenvalue weighted by atomic mass is 32.2. The molecule has 26 heavy (non-hydrogen) atoms. The van der Waals surface area contributed by atoms with Gasteiger partial charge in [0.25, 0.3) is 0 Å². The van der Waals surface area contributed by atoms with Crippen molar-refractivity contribution in [3.05, 3.63) is 84.2 Å². The lowest BCUT2D eigenvalue weighted by Gasteiger charge is -2.16. The Labute approximate surface area is 154 Å². The van der Waals surface area contributed by atoms with Crippen LogP contribution in [0.25, 0.3) is 0 Å². The molecule has 0 saturated carbocycles. The van der Waals surface area contributed by atoms with E-state index in [1.165, 1.54) is 0 Å². The van der Waals surface area contributed by atoms with Crippen LogP contribution < -0.4 is 10.1 Å². The van der Waals surface area contributed by atoms with Crippen LogP contribution in [0, 0.1) is 0 Å². The van der Waals surface area contributed by atoms with Crippen LogP contribution in [0.3, 0.4) is 0 Å². The molecule has 0 bridgehead atoms. The number of nitrogens with one attached hydrogen (secondary N) is 1. The lowest BCUT2D eigenvalue weighted by molar-refractivity contribution is 0.477. The number of hydrogen-bond donors (Lipinski definition) is 2. The van der Waals surface area contributed by atoms with Crippen molar-refractivity contribution in [1.29, 1.82) is 0 Å². The molecule has 0 aliphatic heterocycles. The van der Waals surface area contributed by atoms with Crippen LogP contribution in [-0.2, 0) is 17.2 Å². The molecule has 1 heterocycles. The molecule has 0 aliphatic rings. The van der Waals surface area contributed by atoms with Gasteiger partial charge < -0.3 is 10.1 Å². The summed E-state index contributed by atoms with van der Waals surface area (Å²) in [5.74, 6) is 1.17. The van der Waals surface area contributed by atoms with E-state index in [2.05, 4.69) is 10.3 Å². The maximum absolute atomic E-state index is 11.6. The van der Waals surface area contributed by atoms with E-state index < -0.39 is 10.7 Å². The normalized spacial score (nSPS) is 12.1. The number of pyridine rings is 1. The zero-order chi connectivity index (χ0) is 18.4. The van der Waals surface area contributed by atoms with E-state index in [4.69, 9.17) is 4.74 Å². The summed E-state index contributed by atoms with van der Waals surface area (Å²) < 4.78 is 28.9. The Balaban J connectivity index is 1.78. The van der Waals surface area contributed by atoms with Gasteiger partial charge in [-0.3, -0.25) is 4.98 Å². The quantitative estimate of drug-likeness (QED) is 0.623. The van der Waals surface area contributed by atoms with Crippen LogP contribution in [0.1, 0.15) is 24.1 Å². The summed E-state index contributed by atoms with van der Waals surface area (Å²) in [7, 11) is -2.68. The highest BCUT2D eigenvalue weighted by Gasteiger charge is 2.10. The second-order valence-corrected chi connectivity index (χ2v) is 6.85. The SMILES string of the molecule is CC(NCc1cc(Oc2cccnc2)ccc1[SH](=O)=O)c1ccccc1. The Morgan fingerprint density at radius 1 is 1.04 bits per heavy atom. The number of nitrogens with zero attached hydrogens (tertiary/aromatic N) is 1. The van der Waals surface area contributed by atoms with E-state index >= 15 is 0 Å². The van der Waals surface area contributed by atoms with Crippen LogP contribution in [0.2, 0.25) is 0 Å². The smallest absolute Gasteiger partial charge is 0.168 e. The van der Waals surface area contributed by atoms with Gasteiger partial charge in [-0.25, -0.2) is 8.42 Å². The zero-order valence-corrected chi connectivity index (χ0v) is 15.2. The highest BCUT2D eigenvalue weighted by molar-refractivity contribution is 7.72. The number of aromatic nitrogens is 1. The number of rotatable bonds is 7. The highest BCUT2D eigenvalue weighted by Crippen LogP contribution is 2.25. The first kappa shape index (κ1) is 18.1. The lowest BCUT2D eigenvalue weighted by atomic mass is 10.1. The van der Waals surface area contributed by atoms with E-state index in [-0.39, 0.29) is 6.04 Å². The molecule has 5 nitrogen and oxygen atoms in total. The average molecular weight is 368 g/mol. The van der Waals surface area contributed by atoms with Crippen LogP contribution >= 0.6 is 0 Å². The minimum absolute atomic E-state index is 0.0940. The minimum atomic E-state index is -2.68. The third-order valence-corrected chi connectivity index (χ3v) is 4.85. The Bertz CT molecular complexity index is 920. The molecule has 0 fully saturated rings. The molecule has 134 valence electrons. The largest absolute Gasteiger partial charge is 0.456 e. The Hall–Kier alpha value is -2.70. The number of hydrogen-bond acceptors (Lipinski definition) is 5. The van der Waals surface area contributed by atoms with E-state index in [0.717, 1.165) is 5.56 Å². The molecule has 2 aromatic carbocycles. The molecule has 1 atom stereocenters. The molecule has 3 aromatic rings. The molecule has 0 spiro atoms. The average Bonchev–Trinajstić information content (AvgIpc) is 2.67. The van der Waals surface area contributed by atoms with Crippen molar-refractivity contribution >= 4 is 10.7 Å². The number of benzene rings is 2. The van der Waals surface area contributed by atoms with Crippen molar-refractivity contribution in [2.24, 2.45) is 0 Å². The molecule has 1 unspecified atom stereocenters. The molecule has 6 heteroatoms. The predicted octanol–water partition coefficient (Wildman–Crippen LogP) is 3.70. The van der Waals surface area contributed by atoms with Gasteiger partial charge in [0.05, 0.1) is 11.1 Å². The Morgan fingerprint density at radius 3 is 2.54 bits per heavy atom. The van der Waals surface area contributed by atoms with Crippen molar-refractivity contribution < 1.29 is 13.2 Å². The molecular weight excluding hydrogens is 348 g/mol. The minimum Gasteiger partial charge on any atom is -0.456 e. The second kappa shape index (κ2) is 8.60. The third kappa shape index (κ3) is 4.68. The van der Waals surface area contributed by atoms with E-state index in [9.17, 15) is 8.42 Å². The molecular formula is C20H20N2O3S. The Kier molecular flexibility index (Phi) is 5.99. The molecule has 3 rings (SSSR count). The second-order valence-electron chi connectivity index (χ2n) is 5.85. The summed E-state index contributed by atoms with van der Waals surface area (Å²) in [6.07, 6.45) is 3.27. The Morgan fingerprint density at radius 2 is 1.85 bits per heavy atom. The molecule has 0 amide bonds. The summed E-state index contributed by atoms with van der Waals surface area (Å²) >= 11 is 0. The summed E-state index contributed by atoms with van der Waals surface area (Å²) in [4.78, 5) is 4.31. The fraction of sp³-hybridized carbons (Fsp3) is 0.150. The standard InChI is InChI=1S/C20H20N2O3S/c1-15(16-6-3-2-4-7-16)22-13-17-12-18(9-10-20(17)26(23)24)25-19-8-5-11-21-14-19/h2-12,14-15,22,26H,13H2,1H3. The molecule has 0 saturated heterocycles. The van der Waals surface area contributed by atoms with Crippen LogP contribution in [0.5, 0.6) is 11.5 Å². The van der Waals surface area contributed by atoms with Crippen molar-refractivity contribution in [3.8, 4) is 11.5 Å². The van der Waals surface area contributed by atoms with Crippen LogP contribution in [0.15, 0.2) is 78.0 Å². The summed E-state index contributed by atoms with van der Waals surface area (Å²) in [6.45, 7) is 2.46. The van der Waals surface area contributed by atoms with Crippen molar-refractivity contribution in [1.82, 2.24) is 10.3 Å². The first-order valence-corrected chi connectivity index (χ1v) is 9.45. The summed E-state index contributed by atoms with van der Waals surface area (Å²) in [5.41, 5.74) is 1.81. The van der Waals surface area contributed by atoms with Gasteiger partial charge in [0.15, 0.2) is 10.7 Å². The predicted molar refractivity (Wildman–Crippen MR) is 101 cm³/mol. The summed E-state index contributed by atoms with van der Waals surface area (Å²) in [5, 5.41) is 3.37. The van der Waals surface area contributed by atoms with Crippen LogP contribution in [-0.4, -0.2) is 13.4 Å². The topological polar surface area (TPSA) is 68.3 Å². The zero-order valence-electron chi connectivity index (χ0n) is 14.3. The summed E-state index contributed by atoms with van der Waals surface area (Å²) in [6, 6.07) is 18.6. The maximum Gasteiger partial charge on any atom is 0.168 e.